The number of nitrogens with zero attached hydrogens (tertiary/aromatic N) is 3. The summed E-state index contributed by atoms with van der Waals surface area (Å²) in [6, 6.07) is 2.55. The molecule has 1 aliphatic heterocycles. The molecule has 0 saturated carbocycles. The molecular weight excluding hydrogens is 292 g/mol. The molecule has 1 aromatic heterocycles. The highest BCUT2D eigenvalue weighted by Gasteiger charge is 2.33. The summed E-state index contributed by atoms with van der Waals surface area (Å²) in [4.78, 5) is 38.8. The number of fused-ring (bicyclic) bond motifs is 1. The van der Waals surface area contributed by atoms with E-state index < -0.39 is 16.6 Å². The van der Waals surface area contributed by atoms with Crippen LogP contribution < -0.4 is 15.0 Å². The number of hydrogen-bond donors (Lipinski definition) is 1. The van der Waals surface area contributed by atoms with Crippen molar-refractivity contribution in [3.05, 3.63) is 22.2 Å². The Morgan fingerprint density at radius 3 is 2.91 bits per heavy atom. The molecule has 0 aromatic carbocycles. The summed E-state index contributed by atoms with van der Waals surface area (Å²) >= 11 is 0. The number of rotatable bonds is 5. The summed E-state index contributed by atoms with van der Waals surface area (Å²) in [6.07, 6.45) is 0. The minimum Gasteiger partial charge on any atom is -0.477 e. The van der Waals surface area contributed by atoms with Gasteiger partial charge in [0.25, 0.3) is 11.7 Å². The molecule has 22 heavy (non-hydrogen) atoms. The van der Waals surface area contributed by atoms with Crippen molar-refractivity contribution >= 4 is 23.5 Å². The van der Waals surface area contributed by atoms with Gasteiger partial charge in [-0.2, -0.15) is 0 Å². The fraction of sp³-hybridized carbons (Fsp3) is 0.462. The SMILES string of the molecule is CC(C)CNC(=O)CN1C(=O)COc2ccc([N+](=O)[O-])nc21. The molecule has 118 valence electrons. The van der Waals surface area contributed by atoms with Crippen molar-refractivity contribution in [1.82, 2.24) is 10.3 Å². The van der Waals surface area contributed by atoms with Gasteiger partial charge in [-0.1, -0.05) is 13.8 Å². The minimum atomic E-state index is -0.670. The molecule has 0 atom stereocenters. The van der Waals surface area contributed by atoms with Crippen LogP contribution in [0.1, 0.15) is 13.8 Å². The van der Waals surface area contributed by atoms with Crippen LogP contribution >= 0.6 is 0 Å². The maximum Gasteiger partial charge on any atom is 0.366 e. The Morgan fingerprint density at radius 1 is 1.55 bits per heavy atom. The van der Waals surface area contributed by atoms with Gasteiger partial charge in [0.05, 0.1) is 0 Å². The number of anilines is 1. The van der Waals surface area contributed by atoms with Crippen molar-refractivity contribution in [1.29, 1.82) is 0 Å². The highest BCUT2D eigenvalue weighted by molar-refractivity contribution is 6.01. The molecule has 0 unspecified atom stereocenters. The summed E-state index contributed by atoms with van der Waals surface area (Å²) in [5.41, 5.74) is 0. The van der Waals surface area contributed by atoms with Crippen LogP contribution in [-0.4, -0.2) is 41.4 Å². The van der Waals surface area contributed by atoms with Crippen LogP contribution in [0.4, 0.5) is 11.6 Å². The van der Waals surface area contributed by atoms with E-state index in [1.54, 1.807) is 0 Å². The van der Waals surface area contributed by atoms with Gasteiger partial charge in [-0.05, 0) is 21.9 Å². The molecule has 0 bridgehead atoms. The van der Waals surface area contributed by atoms with E-state index in [-0.39, 0.29) is 36.5 Å². The second-order valence-electron chi connectivity index (χ2n) is 5.21. The van der Waals surface area contributed by atoms with Gasteiger partial charge < -0.3 is 20.2 Å². The molecule has 1 aromatic rings. The smallest absolute Gasteiger partial charge is 0.366 e. The van der Waals surface area contributed by atoms with Crippen molar-refractivity contribution in [3.63, 3.8) is 0 Å². The fourth-order valence-corrected chi connectivity index (χ4v) is 1.85. The summed E-state index contributed by atoms with van der Waals surface area (Å²) in [5.74, 6) is -0.740. The van der Waals surface area contributed by atoms with E-state index in [0.29, 0.717) is 6.54 Å². The first kappa shape index (κ1) is 15.7. The van der Waals surface area contributed by atoms with Crippen LogP contribution in [0.25, 0.3) is 0 Å². The maximum atomic E-state index is 11.9. The third-order valence-corrected chi connectivity index (χ3v) is 2.93. The monoisotopic (exact) mass is 308 g/mol. The highest BCUT2D eigenvalue weighted by Crippen LogP contribution is 2.31. The van der Waals surface area contributed by atoms with Gasteiger partial charge in [-0.15, -0.1) is 0 Å². The second kappa shape index (κ2) is 6.37. The zero-order valence-corrected chi connectivity index (χ0v) is 12.2. The molecule has 2 rings (SSSR count). The van der Waals surface area contributed by atoms with Crippen LogP contribution in [0.15, 0.2) is 12.1 Å². The molecule has 9 heteroatoms. The van der Waals surface area contributed by atoms with Crippen LogP contribution in [-0.2, 0) is 9.59 Å². The molecular formula is C13H16N4O5. The Hall–Kier alpha value is -2.71. The molecule has 2 heterocycles. The normalized spacial score (nSPS) is 13.6. The lowest BCUT2D eigenvalue weighted by atomic mass is 10.2. The van der Waals surface area contributed by atoms with Crippen LogP contribution in [0.5, 0.6) is 5.75 Å². The standard InChI is InChI=1S/C13H16N4O5/c1-8(2)5-14-11(18)6-16-12(19)7-22-9-3-4-10(17(20)21)15-13(9)16/h3-4,8H,5-7H2,1-2H3,(H,14,18). The van der Waals surface area contributed by atoms with Crippen LogP contribution in [0.2, 0.25) is 0 Å². The molecule has 1 N–H and O–H groups in total. The van der Waals surface area contributed by atoms with E-state index in [4.69, 9.17) is 4.74 Å². The number of pyridine rings is 1. The molecule has 1 aliphatic rings. The van der Waals surface area contributed by atoms with Crippen molar-refractivity contribution in [2.75, 3.05) is 24.6 Å². The average Bonchev–Trinajstić information content (AvgIpc) is 2.47. The van der Waals surface area contributed by atoms with Crippen molar-refractivity contribution < 1.29 is 19.2 Å². The van der Waals surface area contributed by atoms with Gasteiger partial charge in [0.1, 0.15) is 6.54 Å². The summed E-state index contributed by atoms with van der Waals surface area (Å²) < 4.78 is 5.17. The summed E-state index contributed by atoms with van der Waals surface area (Å²) in [7, 11) is 0. The molecule has 2 amide bonds. The maximum absolute atomic E-state index is 11.9. The number of hydrogen-bond acceptors (Lipinski definition) is 6. The van der Waals surface area contributed by atoms with Gasteiger partial charge in [0, 0.05) is 12.6 Å². The van der Waals surface area contributed by atoms with Crippen molar-refractivity contribution in [2.45, 2.75) is 13.8 Å². The summed E-state index contributed by atoms with van der Waals surface area (Å²) in [6.45, 7) is 3.88. The molecule has 0 saturated heterocycles. The number of amides is 2. The topological polar surface area (TPSA) is 115 Å². The van der Waals surface area contributed by atoms with Gasteiger partial charge in [0.15, 0.2) is 12.4 Å². The first-order valence-corrected chi connectivity index (χ1v) is 6.73. The first-order valence-electron chi connectivity index (χ1n) is 6.73. The minimum absolute atomic E-state index is 0.00912. The van der Waals surface area contributed by atoms with E-state index in [9.17, 15) is 19.7 Å². The Labute approximate surface area is 126 Å². The summed E-state index contributed by atoms with van der Waals surface area (Å²) in [5, 5.41) is 13.5. The third-order valence-electron chi connectivity index (χ3n) is 2.93. The average molecular weight is 308 g/mol. The quantitative estimate of drug-likeness (QED) is 0.625. The number of ether oxygens (including phenoxy) is 1. The zero-order chi connectivity index (χ0) is 16.3. The Balaban J connectivity index is 2.21. The lowest BCUT2D eigenvalue weighted by Crippen LogP contribution is -2.46. The third kappa shape index (κ3) is 3.48. The van der Waals surface area contributed by atoms with Crippen molar-refractivity contribution in [2.24, 2.45) is 5.92 Å². The van der Waals surface area contributed by atoms with E-state index >= 15 is 0 Å². The predicted molar refractivity (Wildman–Crippen MR) is 76.6 cm³/mol. The number of nitrogens with one attached hydrogen (secondary N) is 1. The number of carbonyl (C=O) groups excluding carboxylic acids is 2. The molecule has 0 radical (unpaired) electrons. The lowest BCUT2D eigenvalue weighted by molar-refractivity contribution is -0.389. The van der Waals surface area contributed by atoms with Gasteiger partial charge in [-0.25, -0.2) is 0 Å². The Kier molecular flexibility index (Phi) is 4.54. The predicted octanol–water partition coefficient (Wildman–Crippen LogP) is 0.487. The molecule has 9 nitrogen and oxygen atoms in total. The van der Waals surface area contributed by atoms with Gasteiger partial charge in [0.2, 0.25) is 5.91 Å². The van der Waals surface area contributed by atoms with Crippen LogP contribution in [0, 0.1) is 16.0 Å². The molecule has 0 spiro atoms. The molecule has 0 aliphatic carbocycles. The molecule has 0 fully saturated rings. The second-order valence-corrected chi connectivity index (χ2v) is 5.21. The fourth-order valence-electron chi connectivity index (χ4n) is 1.85. The highest BCUT2D eigenvalue weighted by atomic mass is 16.6. The van der Waals surface area contributed by atoms with Gasteiger partial charge >= 0.3 is 5.82 Å². The largest absolute Gasteiger partial charge is 0.477 e. The van der Waals surface area contributed by atoms with Crippen LogP contribution in [0.3, 0.4) is 0 Å². The Morgan fingerprint density at radius 2 is 2.27 bits per heavy atom. The Bertz CT molecular complexity index is 616. The number of nitro groups is 1. The lowest BCUT2D eigenvalue weighted by Gasteiger charge is -2.24. The van der Waals surface area contributed by atoms with E-state index in [1.807, 2.05) is 13.8 Å². The first-order chi connectivity index (χ1) is 10.4. The van der Waals surface area contributed by atoms with E-state index in [2.05, 4.69) is 10.3 Å². The number of aromatic nitrogens is 1. The van der Waals surface area contributed by atoms with E-state index in [1.165, 1.54) is 12.1 Å². The van der Waals surface area contributed by atoms with E-state index in [0.717, 1.165) is 4.90 Å². The van der Waals surface area contributed by atoms with Crippen molar-refractivity contribution in [3.8, 4) is 5.75 Å². The zero-order valence-electron chi connectivity index (χ0n) is 12.2. The van der Waals surface area contributed by atoms with Gasteiger partial charge in [-0.3, -0.25) is 14.5 Å². The number of carbonyl (C=O) groups is 2.